The second kappa shape index (κ2) is 2.42. The lowest BCUT2D eigenvalue weighted by molar-refractivity contribution is 0.557. The van der Waals surface area contributed by atoms with E-state index in [1.54, 1.807) is 6.07 Å². The van der Waals surface area contributed by atoms with Crippen molar-refractivity contribution in [2.24, 2.45) is 0 Å². The van der Waals surface area contributed by atoms with Crippen molar-refractivity contribution >= 4 is 0 Å². The second-order valence-electron chi connectivity index (χ2n) is 3.87. The van der Waals surface area contributed by atoms with E-state index in [1.807, 2.05) is 0 Å². The molecule has 14 heavy (non-hydrogen) atoms. The first-order chi connectivity index (χ1) is 6.72. The van der Waals surface area contributed by atoms with Crippen LogP contribution in [0.15, 0.2) is 29.8 Å². The molecule has 1 aromatic carbocycles. The maximum Gasteiger partial charge on any atom is 0.130 e. The summed E-state index contributed by atoms with van der Waals surface area (Å²) in [6, 6.07) is 3.81. The average Bonchev–Trinajstić information content (AvgIpc) is 2.69. The predicted molar refractivity (Wildman–Crippen MR) is 49.0 cm³/mol. The van der Waals surface area contributed by atoms with Crippen LogP contribution in [0.25, 0.3) is 0 Å². The average molecular weight is 193 g/mol. The van der Waals surface area contributed by atoms with Gasteiger partial charge < -0.3 is 5.32 Å². The van der Waals surface area contributed by atoms with Gasteiger partial charge in [-0.1, -0.05) is 12.1 Å². The normalized spacial score (nSPS) is 28.6. The zero-order valence-electron chi connectivity index (χ0n) is 7.48. The lowest BCUT2D eigenvalue weighted by Crippen LogP contribution is -2.21. The number of benzene rings is 1. The van der Waals surface area contributed by atoms with Crippen molar-refractivity contribution in [3.05, 3.63) is 47.0 Å². The standard InChI is InChI=1S/C11H9F2N/c12-8-1-2-9(10(13)3-8)11-4-7(11)5-14-6-11/h1-4,14H,5-6H2. The first kappa shape index (κ1) is 8.12. The van der Waals surface area contributed by atoms with Crippen LogP contribution in [0, 0.1) is 11.6 Å². The van der Waals surface area contributed by atoms with Gasteiger partial charge in [0, 0.05) is 24.7 Å². The molecule has 0 amide bonds. The summed E-state index contributed by atoms with van der Waals surface area (Å²) in [5.74, 6) is -0.962. The number of halogens is 2. The smallest absolute Gasteiger partial charge is 0.130 e. The largest absolute Gasteiger partial charge is 0.311 e. The highest BCUT2D eigenvalue weighted by Gasteiger charge is 2.50. The molecular formula is C11H9F2N. The molecule has 0 radical (unpaired) electrons. The number of hydrogen-bond donors (Lipinski definition) is 1. The summed E-state index contributed by atoms with van der Waals surface area (Å²) >= 11 is 0. The molecule has 0 aromatic heterocycles. The van der Waals surface area contributed by atoms with Gasteiger partial charge in [-0.05, 0) is 11.6 Å². The van der Waals surface area contributed by atoms with E-state index in [9.17, 15) is 8.78 Å². The maximum absolute atomic E-state index is 13.5. The van der Waals surface area contributed by atoms with E-state index in [-0.39, 0.29) is 5.41 Å². The van der Waals surface area contributed by atoms with Crippen LogP contribution in [0.1, 0.15) is 5.56 Å². The van der Waals surface area contributed by atoms with E-state index in [1.165, 1.54) is 11.6 Å². The van der Waals surface area contributed by atoms with Gasteiger partial charge in [-0.25, -0.2) is 8.78 Å². The Morgan fingerprint density at radius 2 is 2.14 bits per heavy atom. The van der Waals surface area contributed by atoms with Crippen molar-refractivity contribution in [2.45, 2.75) is 5.41 Å². The molecule has 1 aliphatic carbocycles. The van der Waals surface area contributed by atoms with E-state index in [0.717, 1.165) is 19.2 Å². The lowest BCUT2D eigenvalue weighted by atomic mass is 9.92. The number of rotatable bonds is 1. The topological polar surface area (TPSA) is 12.0 Å². The summed E-state index contributed by atoms with van der Waals surface area (Å²) in [6.45, 7) is 1.57. The number of fused-ring (bicyclic) bond motifs is 1. The van der Waals surface area contributed by atoms with Crippen LogP contribution in [-0.2, 0) is 5.41 Å². The molecule has 1 heterocycles. The SMILES string of the molecule is Fc1ccc(C23C=C2CNC3)c(F)c1. The molecule has 1 aromatic rings. The Bertz CT molecular complexity index is 439. The first-order valence-corrected chi connectivity index (χ1v) is 4.61. The summed E-state index contributed by atoms with van der Waals surface area (Å²) in [5.41, 5.74) is 1.60. The highest BCUT2D eigenvalue weighted by atomic mass is 19.1. The molecule has 1 fully saturated rings. The zero-order chi connectivity index (χ0) is 9.76. The lowest BCUT2D eigenvalue weighted by Gasteiger charge is -2.13. The minimum atomic E-state index is -0.518. The molecule has 1 saturated heterocycles. The van der Waals surface area contributed by atoms with Crippen LogP contribution in [-0.4, -0.2) is 13.1 Å². The van der Waals surface area contributed by atoms with Crippen molar-refractivity contribution in [3.8, 4) is 0 Å². The summed E-state index contributed by atoms with van der Waals surface area (Å²) in [6.07, 6.45) is 2.06. The minimum Gasteiger partial charge on any atom is -0.311 e. The molecule has 1 atom stereocenters. The molecule has 1 N–H and O–H groups in total. The molecule has 72 valence electrons. The number of nitrogens with one attached hydrogen (secondary N) is 1. The summed E-state index contributed by atoms with van der Waals surface area (Å²) < 4.78 is 26.2. The van der Waals surface area contributed by atoms with Crippen molar-refractivity contribution in [2.75, 3.05) is 13.1 Å². The van der Waals surface area contributed by atoms with Crippen molar-refractivity contribution in [3.63, 3.8) is 0 Å². The fourth-order valence-corrected chi connectivity index (χ4v) is 2.23. The monoisotopic (exact) mass is 193 g/mol. The van der Waals surface area contributed by atoms with Crippen LogP contribution >= 0.6 is 0 Å². The maximum atomic E-state index is 13.5. The van der Waals surface area contributed by atoms with E-state index >= 15 is 0 Å². The van der Waals surface area contributed by atoms with Gasteiger partial charge in [0.15, 0.2) is 0 Å². The van der Waals surface area contributed by atoms with Gasteiger partial charge in [0.05, 0.1) is 5.41 Å². The molecular weight excluding hydrogens is 184 g/mol. The predicted octanol–water partition coefficient (Wildman–Crippen LogP) is 1.75. The van der Waals surface area contributed by atoms with E-state index in [2.05, 4.69) is 11.4 Å². The van der Waals surface area contributed by atoms with Gasteiger partial charge >= 0.3 is 0 Å². The van der Waals surface area contributed by atoms with Crippen LogP contribution < -0.4 is 5.32 Å². The zero-order valence-corrected chi connectivity index (χ0v) is 7.48. The molecule has 3 rings (SSSR count). The third-order valence-electron chi connectivity index (χ3n) is 3.04. The first-order valence-electron chi connectivity index (χ1n) is 4.61. The molecule has 1 nitrogen and oxygen atoms in total. The molecule has 1 aliphatic heterocycles. The molecule has 0 spiro atoms. The Morgan fingerprint density at radius 1 is 1.29 bits per heavy atom. The van der Waals surface area contributed by atoms with Crippen LogP contribution in [0.5, 0.6) is 0 Å². The third-order valence-corrected chi connectivity index (χ3v) is 3.04. The van der Waals surface area contributed by atoms with E-state index in [4.69, 9.17) is 0 Å². The Labute approximate surface area is 80.4 Å². The van der Waals surface area contributed by atoms with Crippen molar-refractivity contribution < 1.29 is 8.78 Å². The second-order valence-corrected chi connectivity index (χ2v) is 3.87. The van der Waals surface area contributed by atoms with Gasteiger partial charge in [0.2, 0.25) is 0 Å². The van der Waals surface area contributed by atoms with Gasteiger partial charge in [-0.3, -0.25) is 0 Å². The van der Waals surface area contributed by atoms with Crippen molar-refractivity contribution in [1.29, 1.82) is 0 Å². The van der Waals surface area contributed by atoms with Gasteiger partial charge in [0.1, 0.15) is 11.6 Å². The van der Waals surface area contributed by atoms with Crippen LogP contribution in [0.4, 0.5) is 8.78 Å². The van der Waals surface area contributed by atoms with Crippen LogP contribution in [0.3, 0.4) is 0 Å². The van der Waals surface area contributed by atoms with E-state index in [0.29, 0.717) is 5.56 Å². The Kier molecular flexibility index (Phi) is 1.40. The fraction of sp³-hybridized carbons (Fsp3) is 0.273. The van der Waals surface area contributed by atoms with Crippen molar-refractivity contribution in [1.82, 2.24) is 5.32 Å². The molecule has 1 unspecified atom stereocenters. The summed E-state index contributed by atoms with van der Waals surface area (Å²) in [4.78, 5) is 0. The van der Waals surface area contributed by atoms with Crippen LogP contribution in [0.2, 0.25) is 0 Å². The Morgan fingerprint density at radius 3 is 2.71 bits per heavy atom. The van der Waals surface area contributed by atoms with Gasteiger partial charge in [0.25, 0.3) is 0 Å². The fourth-order valence-electron chi connectivity index (χ4n) is 2.23. The molecule has 0 bridgehead atoms. The highest BCUT2D eigenvalue weighted by molar-refractivity contribution is 5.59. The summed E-state index contributed by atoms with van der Waals surface area (Å²) in [7, 11) is 0. The summed E-state index contributed by atoms with van der Waals surface area (Å²) in [5, 5.41) is 3.17. The molecule has 2 aliphatic rings. The van der Waals surface area contributed by atoms with Gasteiger partial charge in [-0.15, -0.1) is 0 Å². The quantitative estimate of drug-likeness (QED) is 0.670. The van der Waals surface area contributed by atoms with Gasteiger partial charge in [-0.2, -0.15) is 0 Å². The highest BCUT2D eigenvalue weighted by Crippen LogP contribution is 2.49. The molecule has 0 saturated carbocycles. The molecule has 3 heteroatoms. The Hall–Kier alpha value is -1.22. The Balaban J connectivity index is 2.06. The van der Waals surface area contributed by atoms with E-state index < -0.39 is 11.6 Å². The minimum absolute atomic E-state index is 0.224. The third kappa shape index (κ3) is 0.904. The number of hydrogen-bond acceptors (Lipinski definition) is 1.